The average Bonchev–Trinajstić information content (AvgIpc) is 3.36. The number of rotatable bonds is 11. The zero-order chi connectivity index (χ0) is 28.6. The van der Waals surface area contributed by atoms with Gasteiger partial charge in [-0.1, -0.05) is 60.8 Å². The van der Waals surface area contributed by atoms with Gasteiger partial charge in [0.15, 0.2) is 0 Å². The topological polar surface area (TPSA) is 79.2 Å². The van der Waals surface area contributed by atoms with Crippen LogP contribution < -0.4 is 5.32 Å². The van der Waals surface area contributed by atoms with E-state index in [2.05, 4.69) is 30.4 Å². The lowest BCUT2D eigenvalue weighted by atomic mass is 9.70. The number of carbonyl (C=O) groups is 2. The third kappa shape index (κ3) is 7.01. The van der Waals surface area contributed by atoms with Crippen molar-refractivity contribution < 1.29 is 14.3 Å². The molecular weight excluding hydrogens is 563 g/mol. The quantitative estimate of drug-likeness (QED) is 0.227. The van der Waals surface area contributed by atoms with E-state index in [0.29, 0.717) is 27.8 Å². The number of benzene rings is 3. The highest BCUT2D eigenvalue weighted by Crippen LogP contribution is 2.54. The molecule has 0 saturated heterocycles. The van der Waals surface area contributed by atoms with Crippen molar-refractivity contribution in [3.05, 3.63) is 98.5 Å². The maximum absolute atomic E-state index is 12.7. The Morgan fingerprint density at radius 3 is 2.40 bits per heavy atom. The van der Waals surface area contributed by atoms with Crippen molar-refractivity contribution in [2.45, 2.75) is 55.8 Å². The van der Waals surface area contributed by atoms with Gasteiger partial charge in [0, 0.05) is 38.7 Å². The molecule has 3 aromatic carbocycles. The van der Waals surface area contributed by atoms with Crippen molar-refractivity contribution in [2.75, 3.05) is 18.9 Å². The lowest BCUT2D eigenvalue weighted by Gasteiger charge is -2.33. The summed E-state index contributed by atoms with van der Waals surface area (Å²) < 4.78 is 4.92. The van der Waals surface area contributed by atoms with Gasteiger partial charge in [0.05, 0.1) is 18.6 Å². The number of thioether (sulfide) groups is 1. The van der Waals surface area contributed by atoms with E-state index in [-0.39, 0.29) is 42.6 Å². The van der Waals surface area contributed by atoms with Crippen LogP contribution in [-0.4, -0.2) is 30.8 Å². The fourth-order valence-corrected chi connectivity index (χ4v) is 7.21. The van der Waals surface area contributed by atoms with Crippen molar-refractivity contribution >= 4 is 46.8 Å². The van der Waals surface area contributed by atoms with E-state index in [1.807, 2.05) is 42.5 Å². The Bertz CT molecular complexity index is 1390. The van der Waals surface area contributed by atoms with E-state index in [0.717, 1.165) is 34.6 Å². The van der Waals surface area contributed by atoms with Crippen LogP contribution in [0.3, 0.4) is 0 Å². The van der Waals surface area contributed by atoms with Gasteiger partial charge < -0.3 is 10.1 Å². The Kier molecular flexibility index (Phi) is 10.6. The van der Waals surface area contributed by atoms with E-state index in [1.54, 1.807) is 24.8 Å². The number of amides is 1. The second-order valence-corrected chi connectivity index (χ2v) is 11.7. The van der Waals surface area contributed by atoms with Crippen molar-refractivity contribution in [3.63, 3.8) is 0 Å². The summed E-state index contributed by atoms with van der Waals surface area (Å²) in [4.78, 5) is 25.3. The third-order valence-corrected chi connectivity index (χ3v) is 8.99. The van der Waals surface area contributed by atoms with Gasteiger partial charge in [0.1, 0.15) is 6.07 Å². The molecule has 208 valence electrons. The molecule has 1 amide bonds. The molecule has 1 aliphatic rings. The molecule has 3 atom stereocenters. The smallest absolute Gasteiger partial charge is 0.307 e. The van der Waals surface area contributed by atoms with Crippen LogP contribution in [0.15, 0.2) is 65.6 Å². The van der Waals surface area contributed by atoms with Crippen LogP contribution >= 0.6 is 35.0 Å². The Hall–Kier alpha value is -2.98. The molecule has 2 unspecified atom stereocenters. The number of esters is 1. The van der Waals surface area contributed by atoms with Crippen molar-refractivity contribution in [1.82, 2.24) is 5.32 Å². The summed E-state index contributed by atoms with van der Waals surface area (Å²) in [6.45, 7) is 4.48. The van der Waals surface area contributed by atoms with Crippen molar-refractivity contribution in [2.24, 2.45) is 0 Å². The Morgan fingerprint density at radius 1 is 1.05 bits per heavy atom. The van der Waals surface area contributed by atoms with Crippen LogP contribution in [0.4, 0.5) is 0 Å². The number of halogens is 2. The first-order chi connectivity index (χ1) is 19.4. The number of carbonyl (C=O) groups excluding carboxylic acids is 2. The van der Waals surface area contributed by atoms with Crippen LogP contribution in [0, 0.1) is 11.3 Å². The van der Waals surface area contributed by atoms with E-state index in [1.165, 1.54) is 5.56 Å². The zero-order valence-corrected chi connectivity index (χ0v) is 24.9. The normalized spacial score (nSPS) is 15.5. The molecule has 40 heavy (non-hydrogen) atoms. The lowest BCUT2D eigenvalue weighted by molar-refractivity contribution is -0.142. The highest BCUT2D eigenvalue weighted by atomic mass is 35.5. The average molecular weight is 596 g/mol. The number of nitrogens with zero attached hydrogens (tertiary/aromatic N) is 1. The number of fused-ring (bicyclic) bond motifs is 1. The van der Waals surface area contributed by atoms with Crippen LogP contribution in [0.5, 0.6) is 0 Å². The molecule has 0 saturated carbocycles. The van der Waals surface area contributed by atoms with Gasteiger partial charge >= 0.3 is 5.97 Å². The summed E-state index contributed by atoms with van der Waals surface area (Å²) in [5.74, 6) is 0.710. The first-order valence-corrected chi connectivity index (χ1v) is 15.3. The minimum atomic E-state index is -0.330. The fraction of sp³-hybridized carbons (Fsp3) is 0.344. The van der Waals surface area contributed by atoms with Gasteiger partial charge in [-0.2, -0.15) is 5.26 Å². The molecule has 0 aromatic heterocycles. The minimum absolute atomic E-state index is 0.111. The molecule has 5 nitrogen and oxygen atoms in total. The van der Waals surface area contributed by atoms with Gasteiger partial charge in [-0.15, -0.1) is 11.8 Å². The summed E-state index contributed by atoms with van der Waals surface area (Å²) in [7, 11) is 0. The number of nitrogens with one attached hydrogen (secondary N) is 1. The van der Waals surface area contributed by atoms with E-state index >= 15 is 0 Å². The Balaban J connectivity index is 1.66. The molecule has 0 fully saturated rings. The first kappa shape index (κ1) is 30.0. The summed E-state index contributed by atoms with van der Waals surface area (Å²) >= 11 is 14.5. The van der Waals surface area contributed by atoms with Gasteiger partial charge in [-0.05, 0) is 78.3 Å². The summed E-state index contributed by atoms with van der Waals surface area (Å²) in [5, 5.41) is 13.8. The molecule has 0 aliphatic carbocycles. The first-order valence-electron chi connectivity index (χ1n) is 13.5. The molecule has 1 aliphatic heterocycles. The molecule has 1 heterocycles. The van der Waals surface area contributed by atoms with E-state index in [9.17, 15) is 14.9 Å². The largest absolute Gasteiger partial charge is 0.466 e. The summed E-state index contributed by atoms with van der Waals surface area (Å²) in [6.07, 6.45) is 2.06. The SMILES string of the molecule is CCC[C@H](c1ccc(C(=O)NCCC(=O)OCC)cc1)C(c1ccc(Cl)cc1)C1CSc2c(C#N)cc(Cl)cc21. The predicted octanol–water partition coefficient (Wildman–Crippen LogP) is 8.11. The second-order valence-electron chi connectivity index (χ2n) is 9.81. The van der Waals surface area contributed by atoms with Crippen LogP contribution in [0.1, 0.15) is 83.5 Å². The number of nitriles is 1. The molecule has 4 rings (SSSR count). The molecule has 3 aromatic rings. The molecule has 0 bridgehead atoms. The van der Waals surface area contributed by atoms with Crippen LogP contribution in [0.25, 0.3) is 0 Å². The highest BCUT2D eigenvalue weighted by molar-refractivity contribution is 7.99. The number of ether oxygens (including phenoxy) is 1. The van der Waals surface area contributed by atoms with Gasteiger partial charge in [-0.25, -0.2) is 0 Å². The van der Waals surface area contributed by atoms with Gasteiger partial charge in [-0.3, -0.25) is 9.59 Å². The predicted molar refractivity (Wildman–Crippen MR) is 161 cm³/mol. The van der Waals surface area contributed by atoms with Gasteiger partial charge in [0.25, 0.3) is 5.91 Å². The Morgan fingerprint density at radius 2 is 1.75 bits per heavy atom. The van der Waals surface area contributed by atoms with Crippen LogP contribution in [0.2, 0.25) is 10.0 Å². The molecule has 0 spiro atoms. The van der Waals surface area contributed by atoms with E-state index < -0.39 is 0 Å². The fourth-order valence-electron chi connectivity index (χ4n) is 5.48. The summed E-state index contributed by atoms with van der Waals surface area (Å²) in [5.41, 5.74) is 4.60. The van der Waals surface area contributed by atoms with Crippen LogP contribution in [-0.2, 0) is 9.53 Å². The number of hydrogen-bond donors (Lipinski definition) is 1. The maximum atomic E-state index is 12.7. The van der Waals surface area contributed by atoms with E-state index in [4.69, 9.17) is 27.9 Å². The standard InChI is InChI=1S/C32H32Cl2N2O3S/c1-3-5-26(20-6-8-22(9-7-20)32(38)36-15-14-29(37)39-4-2)30(21-10-12-24(33)13-11-21)28-19-40-31-23(18-35)16-25(34)17-27(28)31/h6-13,16-17,26,28,30H,3-5,14-15,19H2,1-2H3,(H,36,38)/t26-,28?,30?/m1/s1. The number of hydrogen-bond acceptors (Lipinski definition) is 5. The molecule has 1 N–H and O–H groups in total. The van der Waals surface area contributed by atoms with Crippen molar-refractivity contribution in [3.8, 4) is 6.07 Å². The lowest BCUT2D eigenvalue weighted by Crippen LogP contribution is -2.26. The van der Waals surface area contributed by atoms with Gasteiger partial charge in [0.2, 0.25) is 0 Å². The zero-order valence-electron chi connectivity index (χ0n) is 22.6. The maximum Gasteiger partial charge on any atom is 0.307 e. The molecule has 8 heteroatoms. The second kappa shape index (κ2) is 14.1. The third-order valence-electron chi connectivity index (χ3n) is 7.25. The Labute approximate surface area is 250 Å². The minimum Gasteiger partial charge on any atom is -0.466 e. The molecular formula is C32H32Cl2N2O3S. The highest BCUT2D eigenvalue weighted by Gasteiger charge is 2.38. The summed E-state index contributed by atoms with van der Waals surface area (Å²) in [6, 6.07) is 21.9. The monoisotopic (exact) mass is 594 g/mol. The molecule has 0 radical (unpaired) electrons. The van der Waals surface area contributed by atoms with Crippen molar-refractivity contribution in [1.29, 1.82) is 5.26 Å².